The van der Waals surface area contributed by atoms with Gasteiger partial charge in [-0.3, -0.25) is 4.72 Å². The van der Waals surface area contributed by atoms with E-state index in [0.717, 1.165) is 0 Å². The van der Waals surface area contributed by atoms with E-state index in [1.54, 1.807) is 0 Å². The molecule has 18 heavy (non-hydrogen) atoms. The Kier molecular flexibility index (Phi) is 3.52. The van der Waals surface area contributed by atoms with E-state index in [1.165, 1.54) is 18.3 Å². The molecular formula is C9H11ClN2O4S2. The van der Waals surface area contributed by atoms with Crippen molar-refractivity contribution in [2.45, 2.75) is 11.7 Å². The highest BCUT2D eigenvalue weighted by molar-refractivity contribution is 7.97. The second-order valence-electron chi connectivity index (χ2n) is 4.03. The van der Waals surface area contributed by atoms with E-state index >= 15 is 0 Å². The first-order valence-electron chi connectivity index (χ1n) is 5.12. The summed E-state index contributed by atoms with van der Waals surface area (Å²) in [5, 5.41) is -0.579. The molecule has 0 amide bonds. The maximum atomic E-state index is 11.9. The minimum Gasteiger partial charge on any atom is -0.267 e. The number of anilines is 1. The maximum Gasteiger partial charge on any atom is 0.237 e. The van der Waals surface area contributed by atoms with E-state index in [-0.39, 0.29) is 23.7 Å². The fourth-order valence-electron chi connectivity index (χ4n) is 1.70. The molecule has 1 aliphatic heterocycles. The zero-order chi connectivity index (χ0) is 13.4. The van der Waals surface area contributed by atoms with Gasteiger partial charge in [0.25, 0.3) is 0 Å². The minimum atomic E-state index is -3.75. The standard InChI is InChI=1S/C9H11ClN2O4S2/c10-7-1-3-11-9(5-7)12-18(15,16)8-2-4-17(13,14)6-8/h1,3,5,8H,2,4,6H2,(H,11,12). The van der Waals surface area contributed by atoms with Gasteiger partial charge in [0.15, 0.2) is 9.84 Å². The normalized spacial score (nSPS) is 22.8. The fourth-order valence-corrected chi connectivity index (χ4v) is 5.88. The van der Waals surface area contributed by atoms with Gasteiger partial charge in [0.1, 0.15) is 5.82 Å². The number of aromatic nitrogens is 1. The average molecular weight is 311 g/mol. The first-order chi connectivity index (χ1) is 8.28. The molecule has 100 valence electrons. The van der Waals surface area contributed by atoms with Crippen LogP contribution in [-0.4, -0.2) is 38.6 Å². The van der Waals surface area contributed by atoms with Crippen LogP contribution in [0, 0.1) is 0 Å². The predicted octanol–water partition coefficient (Wildman–Crippen LogP) is 0.664. The van der Waals surface area contributed by atoms with Crippen molar-refractivity contribution in [2.24, 2.45) is 0 Å². The Morgan fingerprint density at radius 2 is 2.17 bits per heavy atom. The van der Waals surface area contributed by atoms with E-state index in [2.05, 4.69) is 9.71 Å². The monoisotopic (exact) mass is 310 g/mol. The summed E-state index contributed by atoms with van der Waals surface area (Å²) >= 11 is 5.71. The molecule has 1 saturated heterocycles. The quantitative estimate of drug-likeness (QED) is 0.885. The number of hydrogen-bond acceptors (Lipinski definition) is 5. The van der Waals surface area contributed by atoms with Crippen LogP contribution in [0.5, 0.6) is 0 Å². The molecule has 0 aliphatic carbocycles. The van der Waals surface area contributed by atoms with Crippen molar-refractivity contribution in [3.63, 3.8) is 0 Å². The Morgan fingerprint density at radius 3 is 2.72 bits per heavy atom. The van der Waals surface area contributed by atoms with E-state index < -0.39 is 25.1 Å². The van der Waals surface area contributed by atoms with Gasteiger partial charge in [0.05, 0.1) is 16.8 Å². The maximum absolute atomic E-state index is 11.9. The third kappa shape index (κ3) is 3.12. The molecule has 1 aromatic rings. The zero-order valence-electron chi connectivity index (χ0n) is 9.21. The van der Waals surface area contributed by atoms with Crippen molar-refractivity contribution >= 4 is 37.3 Å². The molecule has 1 unspecified atom stereocenters. The lowest BCUT2D eigenvalue weighted by Crippen LogP contribution is -2.29. The molecule has 1 fully saturated rings. The Balaban J connectivity index is 2.18. The molecule has 0 aromatic carbocycles. The minimum absolute atomic E-state index is 0.0896. The van der Waals surface area contributed by atoms with Crippen LogP contribution in [0.3, 0.4) is 0 Å². The fraction of sp³-hybridized carbons (Fsp3) is 0.444. The summed E-state index contributed by atoms with van der Waals surface area (Å²) < 4.78 is 48.7. The topological polar surface area (TPSA) is 93.2 Å². The molecule has 1 N–H and O–H groups in total. The first kappa shape index (κ1) is 13.6. The molecule has 1 atom stereocenters. The van der Waals surface area contributed by atoms with Crippen molar-refractivity contribution in [1.29, 1.82) is 0 Å². The molecule has 0 bridgehead atoms. The van der Waals surface area contributed by atoms with Crippen molar-refractivity contribution < 1.29 is 16.8 Å². The lowest BCUT2D eigenvalue weighted by Gasteiger charge is -2.11. The summed E-state index contributed by atoms with van der Waals surface area (Å²) in [6.45, 7) is 0. The molecular weight excluding hydrogens is 300 g/mol. The number of nitrogens with one attached hydrogen (secondary N) is 1. The van der Waals surface area contributed by atoms with Gasteiger partial charge in [0, 0.05) is 17.3 Å². The summed E-state index contributed by atoms with van der Waals surface area (Å²) in [5.41, 5.74) is 0. The van der Waals surface area contributed by atoms with E-state index in [0.29, 0.717) is 5.02 Å². The Morgan fingerprint density at radius 1 is 1.44 bits per heavy atom. The smallest absolute Gasteiger partial charge is 0.237 e. The highest BCUT2D eigenvalue weighted by Crippen LogP contribution is 2.21. The summed E-state index contributed by atoms with van der Waals surface area (Å²) in [6.07, 6.45) is 1.48. The van der Waals surface area contributed by atoms with Crippen LogP contribution in [0.4, 0.5) is 5.82 Å². The molecule has 2 heterocycles. The number of sulfone groups is 1. The molecule has 1 aromatic heterocycles. The highest BCUT2D eigenvalue weighted by atomic mass is 35.5. The van der Waals surface area contributed by atoms with Crippen LogP contribution in [0.2, 0.25) is 5.02 Å². The van der Waals surface area contributed by atoms with Gasteiger partial charge in [-0.05, 0) is 12.5 Å². The predicted molar refractivity (Wildman–Crippen MR) is 68.8 cm³/mol. The van der Waals surface area contributed by atoms with E-state index in [9.17, 15) is 16.8 Å². The number of pyridine rings is 1. The van der Waals surface area contributed by atoms with Gasteiger partial charge in [-0.25, -0.2) is 21.8 Å². The Hall–Kier alpha value is -0.860. The van der Waals surface area contributed by atoms with Gasteiger partial charge < -0.3 is 0 Å². The molecule has 0 saturated carbocycles. The van der Waals surface area contributed by atoms with Crippen molar-refractivity contribution in [2.75, 3.05) is 16.2 Å². The average Bonchev–Trinajstić information content (AvgIpc) is 2.59. The Labute approximate surface area is 110 Å². The van der Waals surface area contributed by atoms with Gasteiger partial charge in [-0.1, -0.05) is 11.6 Å². The first-order valence-corrected chi connectivity index (χ1v) is 8.87. The van der Waals surface area contributed by atoms with Crippen LogP contribution < -0.4 is 4.72 Å². The van der Waals surface area contributed by atoms with Crippen LogP contribution in [0.1, 0.15) is 6.42 Å². The molecule has 0 radical (unpaired) electrons. The van der Waals surface area contributed by atoms with Gasteiger partial charge in [-0.2, -0.15) is 0 Å². The Bertz CT molecular complexity index is 657. The second kappa shape index (κ2) is 4.67. The summed E-state index contributed by atoms with van der Waals surface area (Å²) in [4.78, 5) is 3.81. The third-order valence-corrected chi connectivity index (χ3v) is 6.59. The second-order valence-corrected chi connectivity index (χ2v) is 8.66. The van der Waals surface area contributed by atoms with Gasteiger partial charge >= 0.3 is 0 Å². The number of sulfonamides is 1. The van der Waals surface area contributed by atoms with Crippen LogP contribution >= 0.6 is 11.6 Å². The van der Waals surface area contributed by atoms with Crippen LogP contribution in [-0.2, 0) is 19.9 Å². The highest BCUT2D eigenvalue weighted by Gasteiger charge is 2.37. The lowest BCUT2D eigenvalue weighted by atomic mass is 10.4. The van der Waals surface area contributed by atoms with Crippen molar-refractivity contribution in [1.82, 2.24) is 4.98 Å². The number of rotatable bonds is 3. The molecule has 9 heteroatoms. The summed E-state index contributed by atoms with van der Waals surface area (Å²) in [5.74, 6) is -0.350. The number of halogens is 1. The molecule has 0 spiro atoms. The molecule has 2 rings (SSSR count). The third-order valence-electron chi connectivity index (χ3n) is 2.60. The van der Waals surface area contributed by atoms with Crippen molar-refractivity contribution in [3.8, 4) is 0 Å². The molecule has 1 aliphatic rings. The van der Waals surface area contributed by atoms with Gasteiger partial charge in [-0.15, -0.1) is 0 Å². The van der Waals surface area contributed by atoms with E-state index in [4.69, 9.17) is 11.6 Å². The largest absolute Gasteiger partial charge is 0.267 e. The zero-order valence-corrected chi connectivity index (χ0v) is 11.6. The number of nitrogens with zero attached hydrogens (tertiary/aromatic N) is 1. The summed E-state index contributed by atoms with van der Waals surface area (Å²) in [7, 11) is -7.00. The SMILES string of the molecule is O=S1(=O)CCC(S(=O)(=O)Nc2cc(Cl)ccn2)C1. The summed E-state index contributed by atoms with van der Waals surface area (Å²) in [6, 6.07) is 2.88. The van der Waals surface area contributed by atoms with Crippen LogP contribution in [0.15, 0.2) is 18.3 Å². The number of hydrogen-bond donors (Lipinski definition) is 1. The van der Waals surface area contributed by atoms with E-state index in [1.807, 2.05) is 0 Å². The van der Waals surface area contributed by atoms with Crippen molar-refractivity contribution in [3.05, 3.63) is 23.4 Å². The lowest BCUT2D eigenvalue weighted by molar-refractivity contribution is 0.587. The van der Waals surface area contributed by atoms with Gasteiger partial charge in [0.2, 0.25) is 10.0 Å². The molecule has 6 nitrogen and oxygen atoms in total. The van der Waals surface area contributed by atoms with Crippen LogP contribution in [0.25, 0.3) is 0 Å².